The van der Waals surface area contributed by atoms with Gasteiger partial charge in [-0.1, -0.05) is 12.1 Å². The SMILES string of the molecule is NNc1cccc(B(O)O)c1S. The molecule has 0 aromatic heterocycles. The van der Waals surface area contributed by atoms with Crippen LogP contribution in [0.3, 0.4) is 0 Å². The molecule has 0 atom stereocenters. The van der Waals surface area contributed by atoms with Crippen LogP contribution in [0.2, 0.25) is 0 Å². The van der Waals surface area contributed by atoms with Crippen molar-refractivity contribution in [3.8, 4) is 0 Å². The number of hydrogen-bond acceptors (Lipinski definition) is 5. The van der Waals surface area contributed by atoms with Crippen LogP contribution in [0.1, 0.15) is 0 Å². The van der Waals surface area contributed by atoms with Gasteiger partial charge in [0.1, 0.15) is 0 Å². The molecule has 0 aliphatic heterocycles. The zero-order valence-electron chi connectivity index (χ0n) is 6.23. The first kappa shape index (κ1) is 9.40. The van der Waals surface area contributed by atoms with Crippen LogP contribution in [-0.4, -0.2) is 17.2 Å². The number of anilines is 1. The Morgan fingerprint density at radius 1 is 1.42 bits per heavy atom. The molecule has 0 aliphatic rings. The van der Waals surface area contributed by atoms with Crippen LogP contribution < -0.4 is 16.7 Å². The van der Waals surface area contributed by atoms with Crippen molar-refractivity contribution < 1.29 is 10.0 Å². The summed E-state index contributed by atoms with van der Waals surface area (Å²) < 4.78 is 0. The van der Waals surface area contributed by atoms with Gasteiger partial charge in [0.05, 0.1) is 5.69 Å². The third-order valence-corrected chi connectivity index (χ3v) is 2.00. The van der Waals surface area contributed by atoms with E-state index in [1.165, 1.54) is 0 Å². The zero-order chi connectivity index (χ0) is 9.14. The van der Waals surface area contributed by atoms with Crippen molar-refractivity contribution in [2.75, 3.05) is 5.43 Å². The van der Waals surface area contributed by atoms with Crippen molar-refractivity contribution in [2.24, 2.45) is 5.84 Å². The second-order valence-electron chi connectivity index (χ2n) is 2.26. The molecule has 0 aliphatic carbocycles. The number of thiol groups is 1. The van der Waals surface area contributed by atoms with Gasteiger partial charge in [0.25, 0.3) is 0 Å². The average Bonchev–Trinajstić information content (AvgIpc) is 2.04. The summed E-state index contributed by atoms with van der Waals surface area (Å²) in [6.45, 7) is 0. The number of nitrogen functional groups attached to an aromatic ring is 1. The molecular formula is C6H9BN2O2S. The van der Waals surface area contributed by atoms with Gasteiger partial charge in [-0.15, -0.1) is 12.6 Å². The van der Waals surface area contributed by atoms with Crippen molar-refractivity contribution >= 4 is 30.9 Å². The molecule has 0 amide bonds. The summed E-state index contributed by atoms with van der Waals surface area (Å²) in [6, 6.07) is 4.91. The summed E-state index contributed by atoms with van der Waals surface area (Å²) in [7, 11) is -1.52. The standard InChI is InChI=1S/C6H9BN2O2S/c8-9-5-3-1-2-4(6(5)12)7(10)11/h1-3,9-12H,8H2. The van der Waals surface area contributed by atoms with Gasteiger partial charge in [-0.25, -0.2) is 0 Å². The van der Waals surface area contributed by atoms with Crippen molar-refractivity contribution in [1.29, 1.82) is 0 Å². The molecule has 1 aromatic rings. The highest BCUT2D eigenvalue weighted by molar-refractivity contribution is 7.80. The molecule has 12 heavy (non-hydrogen) atoms. The molecule has 0 radical (unpaired) electrons. The van der Waals surface area contributed by atoms with Gasteiger partial charge in [0.2, 0.25) is 0 Å². The Morgan fingerprint density at radius 3 is 2.58 bits per heavy atom. The Labute approximate surface area is 75.9 Å². The second-order valence-corrected chi connectivity index (χ2v) is 2.71. The van der Waals surface area contributed by atoms with Crippen LogP contribution in [0.4, 0.5) is 5.69 Å². The van der Waals surface area contributed by atoms with Crippen molar-refractivity contribution in [3.63, 3.8) is 0 Å². The van der Waals surface area contributed by atoms with Crippen LogP contribution in [0.5, 0.6) is 0 Å². The average molecular weight is 184 g/mol. The van der Waals surface area contributed by atoms with E-state index in [0.717, 1.165) is 0 Å². The summed E-state index contributed by atoms with van der Waals surface area (Å²) in [6.07, 6.45) is 0. The van der Waals surface area contributed by atoms with E-state index in [2.05, 4.69) is 18.1 Å². The van der Waals surface area contributed by atoms with Gasteiger partial charge in [0, 0.05) is 4.90 Å². The molecule has 4 nitrogen and oxygen atoms in total. The van der Waals surface area contributed by atoms with E-state index in [9.17, 15) is 0 Å². The predicted molar refractivity (Wildman–Crippen MR) is 51.3 cm³/mol. The molecule has 1 aromatic carbocycles. The van der Waals surface area contributed by atoms with Crippen molar-refractivity contribution in [3.05, 3.63) is 18.2 Å². The van der Waals surface area contributed by atoms with Gasteiger partial charge >= 0.3 is 7.12 Å². The quantitative estimate of drug-likeness (QED) is 0.176. The normalized spacial score (nSPS) is 9.67. The minimum atomic E-state index is -1.52. The summed E-state index contributed by atoms with van der Waals surface area (Å²) in [5, 5.41) is 17.7. The topological polar surface area (TPSA) is 78.5 Å². The highest BCUT2D eigenvalue weighted by Gasteiger charge is 2.15. The molecule has 0 spiro atoms. The molecule has 0 saturated carbocycles. The minimum absolute atomic E-state index is 0.328. The number of nitrogens with two attached hydrogens (primary N) is 1. The van der Waals surface area contributed by atoms with Gasteiger partial charge in [0.15, 0.2) is 0 Å². The third-order valence-electron chi connectivity index (χ3n) is 1.50. The molecular weight excluding hydrogens is 175 g/mol. The van der Waals surface area contributed by atoms with E-state index in [1.54, 1.807) is 18.2 Å². The van der Waals surface area contributed by atoms with E-state index in [1.807, 2.05) is 0 Å². The predicted octanol–water partition coefficient (Wildman–Crippen LogP) is -1.06. The summed E-state index contributed by atoms with van der Waals surface area (Å²) in [4.78, 5) is 0.440. The van der Waals surface area contributed by atoms with E-state index in [4.69, 9.17) is 15.9 Å². The fourth-order valence-electron chi connectivity index (χ4n) is 0.886. The Hall–Kier alpha value is -0.685. The zero-order valence-corrected chi connectivity index (χ0v) is 7.12. The first-order valence-electron chi connectivity index (χ1n) is 3.31. The number of hydrazine groups is 1. The molecule has 0 fully saturated rings. The lowest BCUT2D eigenvalue weighted by atomic mass is 9.80. The molecule has 0 bridgehead atoms. The van der Waals surface area contributed by atoms with E-state index in [0.29, 0.717) is 16.0 Å². The third kappa shape index (κ3) is 1.73. The number of hydrogen-bond donors (Lipinski definition) is 5. The van der Waals surface area contributed by atoms with Crippen LogP contribution in [0.25, 0.3) is 0 Å². The summed E-state index contributed by atoms with van der Waals surface area (Å²) >= 11 is 4.07. The molecule has 64 valence electrons. The maximum absolute atomic E-state index is 8.86. The monoisotopic (exact) mass is 184 g/mol. The van der Waals surface area contributed by atoms with E-state index < -0.39 is 7.12 Å². The fraction of sp³-hybridized carbons (Fsp3) is 0. The lowest BCUT2D eigenvalue weighted by Crippen LogP contribution is -2.31. The number of benzene rings is 1. The van der Waals surface area contributed by atoms with E-state index in [-0.39, 0.29) is 0 Å². The highest BCUT2D eigenvalue weighted by Crippen LogP contribution is 2.15. The maximum Gasteiger partial charge on any atom is 0.489 e. The highest BCUT2D eigenvalue weighted by atomic mass is 32.1. The van der Waals surface area contributed by atoms with Crippen molar-refractivity contribution in [2.45, 2.75) is 4.90 Å². The lowest BCUT2D eigenvalue weighted by Gasteiger charge is -2.08. The van der Waals surface area contributed by atoms with Crippen molar-refractivity contribution in [1.82, 2.24) is 0 Å². The lowest BCUT2D eigenvalue weighted by molar-refractivity contribution is 0.425. The van der Waals surface area contributed by atoms with Crippen LogP contribution in [0, 0.1) is 0 Å². The van der Waals surface area contributed by atoms with E-state index >= 15 is 0 Å². The van der Waals surface area contributed by atoms with Gasteiger partial charge < -0.3 is 15.5 Å². The number of nitrogens with one attached hydrogen (secondary N) is 1. The molecule has 0 unspecified atom stereocenters. The minimum Gasteiger partial charge on any atom is -0.423 e. The molecule has 5 N–H and O–H groups in total. The molecule has 6 heteroatoms. The first-order chi connectivity index (χ1) is 5.66. The van der Waals surface area contributed by atoms with Gasteiger partial charge in [-0.05, 0) is 11.5 Å². The van der Waals surface area contributed by atoms with Gasteiger partial charge in [-0.2, -0.15) is 0 Å². The Kier molecular flexibility index (Phi) is 2.99. The number of rotatable bonds is 2. The fourth-order valence-corrected chi connectivity index (χ4v) is 1.22. The Bertz CT molecular complexity index is 282. The molecule has 0 heterocycles. The smallest absolute Gasteiger partial charge is 0.423 e. The molecule has 1 rings (SSSR count). The summed E-state index contributed by atoms with van der Waals surface area (Å²) in [5.41, 5.74) is 3.28. The Morgan fingerprint density at radius 2 is 2.08 bits per heavy atom. The largest absolute Gasteiger partial charge is 0.489 e. The summed E-state index contributed by atoms with van der Waals surface area (Å²) in [5.74, 6) is 5.16. The Balaban J connectivity index is 3.14. The maximum atomic E-state index is 8.86. The first-order valence-corrected chi connectivity index (χ1v) is 3.76. The molecule has 0 saturated heterocycles. The van der Waals surface area contributed by atoms with Crippen LogP contribution in [0.15, 0.2) is 23.1 Å². The van der Waals surface area contributed by atoms with Crippen LogP contribution in [-0.2, 0) is 0 Å². The van der Waals surface area contributed by atoms with Crippen LogP contribution >= 0.6 is 12.6 Å². The second kappa shape index (κ2) is 3.82. The van der Waals surface area contributed by atoms with Gasteiger partial charge in [-0.3, -0.25) is 5.84 Å².